The highest BCUT2D eigenvalue weighted by molar-refractivity contribution is 6.02. The molecule has 10 nitrogen and oxygen atoms in total. The Morgan fingerprint density at radius 3 is 1.70 bits per heavy atom. The highest BCUT2D eigenvalue weighted by Gasteiger charge is 2.18. The molecule has 0 unspecified atom stereocenters. The van der Waals surface area contributed by atoms with E-state index in [2.05, 4.69) is 5.32 Å². The van der Waals surface area contributed by atoms with E-state index in [-0.39, 0.29) is 18.5 Å². The largest absolute Gasteiger partial charge is 0.481 e. The molecule has 0 aromatic heterocycles. The summed E-state index contributed by atoms with van der Waals surface area (Å²) in [7, 11) is 2.69. The molecule has 6 N–H and O–H groups in total. The molecular weight excluding hydrogens is 274 g/mol. The zero-order valence-electron chi connectivity index (χ0n) is 11.6. The molecule has 1 heterocycles. The molecule has 10 heteroatoms. The molecular formula is C10H21N3O7. The van der Waals surface area contributed by atoms with Gasteiger partial charge in [0.2, 0.25) is 5.91 Å². The third kappa shape index (κ3) is 18.2. The van der Waals surface area contributed by atoms with Crippen molar-refractivity contribution >= 4 is 23.8 Å². The maximum absolute atomic E-state index is 10.4. The van der Waals surface area contributed by atoms with Crippen LogP contribution in [0.4, 0.5) is 0 Å². The van der Waals surface area contributed by atoms with Gasteiger partial charge in [0, 0.05) is 20.8 Å². The first-order valence-electron chi connectivity index (χ1n) is 5.33. The molecule has 0 atom stereocenters. The van der Waals surface area contributed by atoms with Crippen LogP contribution in [0.15, 0.2) is 0 Å². The van der Waals surface area contributed by atoms with Crippen molar-refractivity contribution in [1.82, 2.24) is 10.2 Å². The summed E-state index contributed by atoms with van der Waals surface area (Å²) in [5.41, 5.74) is 0. The van der Waals surface area contributed by atoms with Gasteiger partial charge in [-0.25, -0.2) is 0 Å². The topological polar surface area (TPSA) is 171 Å². The van der Waals surface area contributed by atoms with Gasteiger partial charge in [0.1, 0.15) is 6.42 Å². The van der Waals surface area contributed by atoms with E-state index in [1.54, 1.807) is 18.9 Å². The first-order valence-corrected chi connectivity index (χ1v) is 5.33. The van der Waals surface area contributed by atoms with Crippen LogP contribution in [-0.2, 0) is 14.4 Å². The first-order chi connectivity index (χ1) is 9.24. The number of rotatable bonds is 2. The lowest BCUT2D eigenvalue weighted by Gasteiger charge is -2.03. The number of carboxylic acids is 2. The summed E-state index contributed by atoms with van der Waals surface area (Å²) in [5.74, 6) is -2.53. The highest BCUT2D eigenvalue weighted by Crippen LogP contribution is 1.89. The van der Waals surface area contributed by atoms with Gasteiger partial charge >= 0.3 is 11.9 Å². The summed E-state index contributed by atoms with van der Waals surface area (Å²) in [6.07, 6.45) is -0.806. The zero-order valence-corrected chi connectivity index (χ0v) is 11.6. The van der Waals surface area contributed by atoms with E-state index in [4.69, 9.17) is 25.8 Å². The predicted molar refractivity (Wildman–Crippen MR) is 69.3 cm³/mol. The molecule has 0 radical (unpaired) electrons. The molecule has 1 aliphatic heterocycles. The van der Waals surface area contributed by atoms with Gasteiger partial charge in [0.15, 0.2) is 5.96 Å². The molecule has 1 fully saturated rings. The molecule has 1 saturated heterocycles. The fraction of sp³-hybridized carbons (Fsp3) is 0.600. The third-order valence-electron chi connectivity index (χ3n) is 1.32. The van der Waals surface area contributed by atoms with Crippen LogP contribution in [0, 0.1) is 5.41 Å². The maximum atomic E-state index is 10.4. The highest BCUT2D eigenvalue weighted by atomic mass is 16.4. The van der Waals surface area contributed by atoms with Crippen molar-refractivity contribution in [1.29, 1.82) is 5.41 Å². The summed E-state index contributed by atoms with van der Waals surface area (Å²) in [5, 5.41) is 39.3. The summed E-state index contributed by atoms with van der Waals surface area (Å²) in [4.78, 5) is 30.8. The fourth-order valence-corrected chi connectivity index (χ4v) is 0.691. The fourth-order valence-electron chi connectivity index (χ4n) is 0.691. The molecule has 1 amide bonds. The molecule has 0 aromatic rings. The number of aliphatic hydroxyl groups excluding tert-OH is 2. The monoisotopic (exact) mass is 295 g/mol. The lowest BCUT2D eigenvalue weighted by Crippen LogP contribution is -2.25. The van der Waals surface area contributed by atoms with E-state index in [0.717, 1.165) is 7.11 Å². The normalized spacial score (nSPS) is 11.8. The lowest BCUT2D eigenvalue weighted by molar-refractivity contribution is -0.147. The standard InChI is InChI=1S/C4H7N3O.C3H4O4.C2H6O.CH4O/c1-7-2-3(8)6-4(7)5;4-2(5)1-3(6)7;1-2-3;1-2/h2H2,1H3,(H2,5,6,8);1H2,(H,4,5)(H,6,7);3H,2H2,1H3;2H,1H3. The number of amides is 1. The Bertz CT molecular complexity index is 308. The molecule has 1 rings (SSSR count). The third-order valence-corrected chi connectivity index (χ3v) is 1.32. The quantitative estimate of drug-likeness (QED) is 0.322. The van der Waals surface area contributed by atoms with Crippen molar-refractivity contribution in [2.75, 3.05) is 27.3 Å². The average molecular weight is 295 g/mol. The average Bonchev–Trinajstić information content (AvgIpc) is 2.59. The van der Waals surface area contributed by atoms with Crippen LogP contribution in [0.5, 0.6) is 0 Å². The number of carboxylic acid groups (broad SMARTS) is 2. The molecule has 118 valence electrons. The van der Waals surface area contributed by atoms with E-state index in [1.807, 2.05) is 0 Å². The van der Waals surface area contributed by atoms with Crippen molar-refractivity contribution in [3.05, 3.63) is 0 Å². The van der Waals surface area contributed by atoms with Crippen LogP contribution in [0.3, 0.4) is 0 Å². The minimum absolute atomic E-state index is 0.0995. The molecule has 1 aliphatic rings. The van der Waals surface area contributed by atoms with Crippen LogP contribution < -0.4 is 5.32 Å². The van der Waals surface area contributed by atoms with Crippen molar-refractivity contribution < 1.29 is 34.8 Å². The first kappa shape index (κ1) is 22.9. The summed E-state index contributed by atoms with van der Waals surface area (Å²) >= 11 is 0. The molecule has 0 saturated carbocycles. The smallest absolute Gasteiger partial charge is 0.314 e. The predicted octanol–water partition coefficient (Wildman–Crippen LogP) is -1.86. The molecule has 20 heavy (non-hydrogen) atoms. The molecule has 0 bridgehead atoms. The Hall–Kier alpha value is -2.20. The second kappa shape index (κ2) is 14.9. The second-order valence-corrected chi connectivity index (χ2v) is 3.03. The van der Waals surface area contributed by atoms with Gasteiger partial charge in [0.05, 0.1) is 6.54 Å². The Morgan fingerprint density at radius 2 is 1.65 bits per heavy atom. The van der Waals surface area contributed by atoms with Gasteiger partial charge in [-0.3, -0.25) is 25.1 Å². The van der Waals surface area contributed by atoms with E-state index < -0.39 is 18.4 Å². The number of likely N-dealkylation sites (N-methyl/N-ethyl adjacent to an activating group) is 1. The Morgan fingerprint density at radius 1 is 1.30 bits per heavy atom. The number of guanidine groups is 1. The molecule has 0 aromatic carbocycles. The van der Waals surface area contributed by atoms with Crippen molar-refractivity contribution in [3.63, 3.8) is 0 Å². The van der Waals surface area contributed by atoms with Gasteiger partial charge in [-0.1, -0.05) is 0 Å². The van der Waals surface area contributed by atoms with E-state index >= 15 is 0 Å². The van der Waals surface area contributed by atoms with Crippen molar-refractivity contribution in [2.24, 2.45) is 0 Å². The van der Waals surface area contributed by atoms with E-state index in [9.17, 15) is 14.4 Å². The number of aliphatic carboxylic acids is 2. The van der Waals surface area contributed by atoms with Gasteiger partial charge in [-0.2, -0.15) is 0 Å². The summed E-state index contributed by atoms with van der Waals surface area (Å²) in [6.45, 7) is 2.25. The van der Waals surface area contributed by atoms with Gasteiger partial charge in [-0.05, 0) is 6.92 Å². The van der Waals surface area contributed by atoms with Gasteiger partial charge < -0.3 is 25.3 Å². The Labute approximate surface area is 116 Å². The van der Waals surface area contributed by atoms with Crippen LogP contribution in [0.2, 0.25) is 0 Å². The summed E-state index contributed by atoms with van der Waals surface area (Å²) < 4.78 is 0. The van der Waals surface area contributed by atoms with E-state index in [1.165, 1.54) is 0 Å². The number of hydrogen-bond acceptors (Lipinski definition) is 6. The van der Waals surface area contributed by atoms with Gasteiger partial charge in [0.25, 0.3) is 0 Å². The van der Waals surface area contributed by atoms with Crippen molar-refractivity contribution in [3.8, 4) is 0 Å². The number of carbonyl (C=O) groups excluding carboxylic acids is 1. The Balaban J connectivity index is -0.000000221. The second-order valence-electron chi connectivity index (χ2n) is 3.03. The van der Waals surface area contributed by atoms with Crippen LogP contribution >= 0.6 is 0 Å². The molecule has 0 spiro atoms. The Kier molecular flexibility index (Phi) is 17.0. The van der Waals surface area contributed by atoms with Crippen LogP contribution in [-0.4, -0.2) is 76.4 Å². The van der Waals surface area contributed by atoms with E-state index in [0.29, 0.717) is 6.54 Å². The van der Waals surface area contributed by atoms with Crippen LogP contribution in [0.1, 0.15) is 13.3 Å². The minimum Gasteiger partial charge on any atom is -0.481 e. The zero-order chi connectivity index (χ0) is 16.7. The van der Waals surface area contributed by atoms with Crippen molar-refractivity contribution in [2.45, 2.75) is 13.3 Å². The minimum atomic E-state index is -1.31. The SMILES string of the molecule is CCO.CN1CC(=O)NC1=N.CO.O=C(O)CC(=O)O. The number of carbonyl (C=O) groups is 3. The maximum Gasteiger partial charge on any atom is 0.314 e. The van der Waals surface area contributed by atoms with Gasteiger partial charge in [-0.15, -0.1) is 0 Å². The number of nitrogens with zero attached hydrogens (tertiary/aromatic N) is 1. The number of aliphatic hydroxyl groups is 2. The number of nitrogens with one attached hydrogen (secondary N) is 2. The molecule has 0 aliphatic carbocycles. The lowest BCUT2D eigenvalue weighted by atomic mass is 10.5. The van der Waals surface area contributed by atoms with Crippen LogP contribution in [0.25, 0.3) is 0 Å². The summed E-state index contributed by atoms with van der Waals surface area (Å²) in [6, 6.07) is 0. The number of hydrogen-bond donors (Lipinski definition) is 6.